The predicted octanol–water partition coefficient (Wildman–Crippen LogP) is 1.86. The van der Waals surface area contributed by atoms with Crippen LogP contribution in [0.5, 0.6) is 5.75 Å². The molecule has 0 aromatic heterocycles. The van der Waals surface area contributed by atoms with Crippen molar-refractivity contribution >= 4 is 0 Å². The molecule has 2 N–H and O–H groups in total. The Labute approximate surface area is 128 Å². The molecular weight excluding hydrogens is 264 g/mol. The topological polar surface area (TPSA) is 47.7 Å². The molecule has 4 nitrogen and oxygen atoms in total. The van der Waals surface area contributed by atoms with Gasteiger partial charge in [0.2, 0.25) is 0 Å². The van der Waals surface area contributed by atoms with Gasteiger partial charge in [-0.3, -0.25) is 4.90 Å². The van der Waals surface area contributed by atoms with Crippen LogP contribution < -0.4 is 10.5 Å². The minimum Gasteiger partial charge on any atom is -0.497 e. The summed E-state index contributed by atoms with van der Waals surface area (Å²) in [7, 11) is 3.74. The number of hydrogen-bond donors (Lipinski definition) is 1. The third-order valence-corrected chi connectivity index (χ3v) is 3.00. The number of likely N-dealkylation sites (N-methyl/N-ethyl adjacent to an activating group) is 1. The molecule has 21 heavy (non-hydrogen) atoms. The summed E-state index contributed by atoms with van der Waals surface area (Å²) in [5, 5.41) is 0. The highest BCUT2D eigenvalue weighted by Crippen LogP contribution is 2.18. The molecule has 0 amide bonds. The van der Waals surface area contributed by atoms with Crippen molar-refractivity contribution in [1.82, 2.24) is 4.90 Å². The van der Waals surface area contributed by atoms with E-state index >= 15 is 0 Å². The average Bonchev–Trinajstić information content (AvgIpc) is 2.45. The Morgan fingerprint density at radius 3 is 2.71 bits per heavy atom. The predicted molar refractivity (Wildman–Crippen MR) is 86.3 cm³/mol. The summed E-state index contributed by atoms with van der Waals surface area (Å²) in [4.78, 5) is 2.21. The molecule has 0 unspecified atom stereocenters. The Morgan fingerprint density at radius 1 is 1.33 bits per heavy atom. The van der Waals surface area contributed by atoms with E-state index in [0.29, 0.717) is 6.54 Å². The van der Waals surface area contributed by atoms with E-state index in [2.05, 4.69) is 23.8 Å². The van der Waals surface area contributed by atoms with E-state index in [1.807, 2.05) is 32.0 Å². The quantitative estimate of drug-likeness (QED) is 0.779. The van der Waals surface area contributed by atoms with Crippen LogP contribution in [0.4, 0.5) is 0 Å². The van der Waals surface area contributed by atoms with Crippen molar-refractivity contribution in [3.8, 4) is 17.6 Å². The first-order valence-corrected chi connectivity index (χ1v) is 7.22. The van der Waals surface area contributed by atoms with E-state index in [0.717, 1.165) is 36.6 Å². The van der Waals surface area contributed by atoms with Crippen molar-refractivity contribution in [3.05, 3.63) is 29.3 Å². The molecule has 0 spiro atoms. The zero-order valence-electron chi connectivity index (χ0n) is 13.5. The second-order valence-electron chi connectivity index (χ2n) is 5.19. The third-order valence-electron chi connectivity index (χ3n) is 3.00. The molecule has 0 atom stereocenters. The summed E-state index contributed by atoms with van der Waals surface area (Å²) in [5.41, 5.74) is 7.59. The normalized spacial score (nSPS) is 10.6. The van der Waals surface area contributed by atoms with Gasteiger partial charge in [0.25, 0.3) is 0 Å². The van der Waals surface area contributed by atoms with E-state index in [4.69, 9.17) is 15.2 Å². The van der Waals surface area contributed by atoms with Gasteiger partial charge in [0.1, 0.15) is 5.75 Å². The second-order valence-corrected chi connectivity index (χ2v) is 5.19. The van der Waals surface area contributed by atoms with E-state index < -0.39 is 0 Å². The van der Waals surface area contributed by atoms with Crippen molar-refractivity contribution in [2.75, 3.05) is 33.9 Å². The lowest BCUT2D eigenvalue weighted by Crippen LogP contribution is -2.24. The minimum atomic E-state index is 0.265. The van der Waals surface area contributed by atoms with Crippen molar-refractivity contribution in [1.29, 1.82) is 0 Å². The lowest BCUT2D eigenvalue weighted by Gasteiger charge is -2.19. The Hall–Kier alpha value is -1.54. The number of benzene rings is 1. The first kappa shape index (κ1) is 17.5. The van der Waals surface area contributed by atoms with Crippen LogP contribution in [0.25, 0.3) is 0 Å². The van der Waals surface area contributed by atoms with Crippen LogP contribution >= 0.6 is 0 Å². The maximum Gasteiger partial charge on any atom is 0.119 e. The second kappa shape index (κ2) is 9.41. The van der Waals surface area contributed by atoms with Crippen LogP contribution in [0.2, 0.25) is 0 Å². The van der Waals surface area contributed by atoms with Crippen LogP contribution in [0.1, 0.15) is 25.0 Å². The molecule has 0 aliphatic rings. The Balaban J connectivity index is 2.74. The molecular formula is C17H26N2O2. The van der Waals surface area contributed by atoms with Gasteiger partial charge in [-0.15, -0.1) is 0 Å². The monoisotopic (exact) mass is 290 g/mol. The molecule has 0 saturated heterocycles. The van der Waals surface area contributed by atoms with E-state index in [1.165, 1.54) is 0 Å². The van der Waals surface area contributed by atoms with Gasteiger partial charge in [-0.05, 0) is 44.7 Å². The van der Waals surface area contributed by atoms with Crippen molar-refractivity contribution in [2.24, 2.45) is 5.73 Å². The van der Waals surface area contributed by atoms with Gasteiger partial charge < -0.3 is 15.2 Å². The van der Waals surface area contributed by atoms with Gasteiger partial charge in [-0.25, -0.2) is 0 Å². The standard InChI is InChI=1S/C17H26N2O2/c1-14(2)21-11-10-19(3)13-16-12-17(20-4)8-7-15(16)6-5-9-18/h7-8,12,14H,9-11,13,18H2,1-4H3. The molecule has 0 saturated carbocycles. The summed E-state index contributed by atoms with van der Waals surface area (Å²) < 4.78 is 10.9. The van der Waals surface area contributed by atoms with E-state index in [9.17, 15) is 0 Å². The number of nitrogens with zero attached hydrogens (tertiary/aromatic N) is 1. The van der Waals surface area contributed by atoms with Gasteiger partial charge in [-0.2, -0.15) is 0 Å². The summed E-state index contributed by atoms with van der Waals surface area (Å²) in [6.45, 7) is 6.85. The lowest BCUT2D eigenvalue weighted by molar-refractivity contribution is 0.0627. The maximum absolute atomic E-state index is 5.58. The van der Waals surface area contributed by atoms with Gasteiger partial charge in [-0.1, -0.05) is 11.8 Å². The maximum atomic E-state index is 5.58. The molecule has 0 bridgehead atoms. The number of ether oxygens (including phenoxy) is 2. The van der Waals surface area contributed by atoms with Crippen molar-refractivity contribution in [3.63, 3.8) is 0 Å². The Kier molecular flexibility index (Phi) is 7.84. The van der Waals surface area contributed by atoms with E-state index in [-0.39, 0.29) is 6.10 Å². The number of nitrogens with two attached hydrogens (primary N) is 1. The smallest absolute Gasteiger partial charge is 0.119 e. The highest BCUT2D eigenvalue weighted by Gasteiger charge is 2.07. The van der Waals surface area contributed by atoms with Crippen LogP contribution in [0, 0.1) is 11.8 Å². The molecule has 0 aliphatic carbocycles. The zero-order chi connectivity index (χ0) is 15.7. The van der Waals surface area contributed by atoms with Crippen molar-refractivity contribution in [2.45, 2.75) is 26.5 Å². The Bertz CT molecular complexity index is 489. The zero-order valence-corrected chi connectivity index (χ0v) is 13.5. The SMILES string of the molecule is COc1ccc(C#CCN)c(CN(C)CCOC(C)C)c1. The minimum absolute atomic E-state index is 0.265. The summed E-state index contributed by atoms with van der Waals surface area (Å²) in [6.07, 6.45) is 0.265. The average molecular weight is 290 g/mol. The Morgan fingerprint density at radius 2 is 2.10 bits per heavy atom. The fourth-order valence-electron chi connectivity index (χ4n) is 1.91. The largest absolute Gasteiger partial charge is 0.497 e. The van der Waals surface area contributed by atoms with Crippen LogP contribution in [0.15, 0.2) is 18.2 Å². The summed E-state index contributed by atoms with van der Waals surface area (Å²) in [5.74, 6) is 6.87. The first-order chi connectivity index (χ1) is 10.1. The molecule has 0 heterocycles. The fraction of sp³-hybridized carbons (Fsp3) is 0.529. The number of methoxy groups -OCH3 is 1. The van der Waals surface area contributed by atoms with Gasteiger partial charge in [0.05, 0.1) is 26.4 Å². The van der Waals surface area contributed by atoms with Crippen molar-refractivity contribution < 1.29 is 9.47 Å². The van der Waals surface area contributed by atoms with Crippen LogP contribution in [0.3, 0.4) is 0 Å². The highest BCUT2D eigenvalue weighted by molar-refractivity contribution is 5.45. The molecule has 0 aliphatic heterocycles. The molecule has 1 aromatic rings. The van der Waals surface area contributed by atoms with Gasteiger partial charge in [0, 0.05) is 18.7 Å². The summed E-state index contributed by atoms with van der Waals surface area (Å²) >= 11 is 0. The lowest BCUT2D eigenvalue weighted by atomic mass is 10.1. The number of rotatable bonds is 7. The molecule has 1 rings (SSSR count). The molecule has 116 valence electrons. The van der Waals surface area contributed by atoms with Gasteiger partial charge in [0.15, 0.2) is 0 Å². The van der Waals surface area contributed by atoms with Gasteiger partial charge >= 0.3 is 0 Å². The highest BCUT2D eigenvalue weighted by atomic mass is 16.5. The third kappa shape index (κ3) is 6.63. The van der Waals surface area contributed by atoms with Crippen LogP contribution in [-0.2, 0) is 11.3 Å². The summed E-state index contributed by atoms with van der Waals surface area (Å²) in [6, 6.07) is 5.93. The van der Waals surface area contributed by atoms with Crippen LogP contribution in [-0.4, -0.2) is 44.9 Å². The van der Waals surface area contributed by atoms with E-state index in [1.54, 1.807) is 7.11 Å². The molecule has 1 aromatic carbocycles. The first-order valence-electron chi connectivity index (χ1n) is 7.22. The molecule has 4 heteroatoms. The number of hydrogen-bond acceptors (Lipinski definition) is 4. The molecule has 0 radical (unpaired) electrons. The fourth-order valence-corrected chi connectivity index (χ4v) is 1.91. The molecule has 0 fully saturated rings.